The van der Waals surface area contributed by atoms with E-state index in [9.17, 15) is 5.11 Å². The molecule has 0 saturated carbocycles. The van der Waals surface area contributed by atoms with Gasteiger partial charge in [-0.3, -0.25) is 0 Å². The summed E-state index contributed by atoms with van der Waals surface area (Å²) >= 11 is 3.34. The maximum atomic E-state index is 9.81. The molecular weight excluding hydrogens is 244 g/mol. The van der Waals surface area contributed by atoms with E-state index in [0.717, 1.165) is 10.0 Å². The lowest BCUT2D eigenvalue weighted by molar-refractivity contribution is 0.211. The highest BCUT2D eigenvalue weighted by Gasteiger charge is 2.13. The van der Waals surface area contributed by atoms with Crippen LogP contribution in [-0.2, 0) is 0 Å². The average Bonchev–Trinajstić information content (AvgIpc) is 2.16. The third-order valence-corrected chi connectivity index (χ3v) is 2.45. The Morgan fingerprint density at radius 2 is 2.21 bits per heavy atom. The Balaban J connectivity index is 3.13. The summed E-state index contributed by atoms with van der Waals surface area (Å²) in [6.45, 7) is 5.50. The van der Waals surface area contributed by atoms with Crippen molar-refractivity contribution >= 4 is 15.9 Å². The Labute approximate surface area is 92.3 Å². The fraction of sp³-hybridized carbons (Fsp3) is 0.273. The molecule has 0 aliphatic heterocycles. The van der Waals surface area contributed by atoms with E-state index in [1.807, 2.05) is 18.2 Å². The molecule has 0 aliphatic rings. The molecule has 1 aromatic carbocycles. The molecule has 1 atom stereocenters. The van der Waals surface area contributed by atoms with Crippen molar-refractivity contribution in [1.29, 1.82) is 0 Å². The smallest absolute Gasteiger partial charge is 0.126 e. The molecule has 0 heterocycles. The zero-order valence-electron chi connectivity index (χ0n) is 8.25. The summed E-state index contributed by atoms with van der Waals surface area (Å²) in [6, 6.07) is 5.51. The quantitative estimate of drug-likeness (QED) is 0.843. The second-order valence-electron chi connectivity index (χ2n) is 3.14. The number of methoxy groups -OCH3 is 1. The molecule has 0 aromatic heterocycles. The van der Waals surface area contributed by atoms with Crippen LogP contribution in [0.15, 0.2) is 34.8 Å². The minimum Gasteiger partial charge on any atom is -0.496 e. The lowest BCUT2D eigenvalue weighted by Gasteiger charge is -2.14. The number of hydrogen-bond acceptors (Lipinski definition) is 2. The summed E-state index contributed by atoms with van der Waals surface area (Å²) in [5.41, 5.74) is 1.44. The van der Waals surface area contributed by atoms with Gasteiger partial charge in [0.15, 0.2) is 0 Å². The number of rotatable bonds is 3. The van der Waals surface area contributed by atoms with Crippen LogP contribution < -0.4 is 4.74 Å². The normalized spacial score (nSPS) is 12.3. The van der Waals surface area contributed by atoms with Crippen molar-refractivity contribution in [3.63, 3.8) is 0 Å². The Morgan fingerprint density at radius 3 is 2.71 bits per heavy atom. The summed E-state index contributed by atoms with van der Waals surface area (Å²) in [5.74, 6) is 0.662. The fourth-order valence-electron chi connectivity index (χ4n) is 1.18. The minimum absolute atomic E-state index is 0.662. The Hall–Kier alpha value is -0.800. The van der Waals surface area contributed by atoms with Crippen molar-refractivity contribution in [3.05, 3.63) is 40.4 Å². The maximum Gasteiger partial charge on any atom is 0.126 e. The zero-order valence-corrected chi connectivity index (χ0v) is 9.84. The van der Waals surface area contributed by atoms with Crippen LogP contribution in [-0.4, -0.2) is 12.2 Å². The van der Waals surface area contributed by atoms with E-state index in [1.165, 1.54) is 0 Å². The molecule has 2 nitrogen and oxygen atoms in total. The molecule has 0 saturated heterocycles. The van der Waals surface area contributed by atoms with Gasteiger partial charge in [-0.1, -0.05) is 28.6 Å². The monoisotopic (exact) mass is 256 g/mol. The maximum absolute atomic E-state index is 9.81. The first-order chi connectivity index (χ1) is 6.56. The first kappa shape index (κ1) is 11.3. The van der Waals surface area contributed by atoms with Crippen LogP contribution in [0.2, 0.25) is 0 Å². The van der Waals surface area contributed by atoms with Crippen LogP contribution in [0.1, 0.15) is 18.6 Å². The van der Waals surface area contributed by atoms with Gasteiger partial charge < -0.3 is 9.84 Å². The van der Waals surface area contributed by atoms with E-state index in [0.29, 0.717) is 11.3 Å². The van der Waals surface area contributed by atoms with Crippen LogP contribution in [0, 0.1) is 0 Å². The number of hydrogen-bond donors (Lipinski definition) is 1. The van der Waals surface area contributed by atoms with Gasteiger partial charge in [-0.25, -0.2) is 0 Å². The summed E-state index contributed by atoms with van der Waals surface area (Å²) in [7, 11) is 1.58. The molecule has 1 N–H and O–H groups in total. The zero-order chi connectivity index (χ0) is 10.7. The second-order valence-corrected chi connectivity index (χ2v) is 4.05. The van der Waals surface area contributed by atoms with Crippen molar-refractivity contribution in [2.45, 2.75) is 13.0 Å². The predicted octanol–water partition coefficient (Wildman–Crippen LogP) is 3.07. The topological polar surface area (TPSA) is 29.5 Å². The van der Waals surface area contributed by atoms with E-state index in [1.54, 1.807) is 14.0 Å². The van der Waals surface area contributed by atoms with Gasteiger partial charge in [0.2, 0.25) is 0 Å². The van der Waals surface area contributed by atoms with E-state index < -0.39 is 6.10 Å². The molecular formula is C11H13BrO2. The molecule has 0 spiro atoms. The van der Waals surface area contributed by atoms with Crippen LogP contribution in [0.3, 0.4) is 0 Å². The van der Waals surface area contributed by atoms with Gasteiger partial charge in [-0.15, -0.1) is 0 Å². The van der Waals surface area contributed by atoms with Crippen LogP contribution in [0.4, 0.5) is 0 Å². The number of aliphatic hydroxyl groups excluding tert-OH is 1. The van der Waals surface area contributed by atoms with Crippen LogP contribution >= 0.6 is 15.9 Å². The Bertz CT molecular complexity index is 347. The third-order valence-electron chi connectivity index (χ3n) is 1.96. The molecule has 1 aromatic rings. The summed E-state index contributed by atoms with van der Waals surface area (Å²) in [4.78, 5) is 0. The van der Waals surface area contributed by atoms with Crippen molar-refractivity contribution in [2.75, 3.05) is 7.11 Å². The number of ether oxygens (including phenoxy) is 1. The molecule has 0 bridgehead atoms. The molecule has 1 rings (SSSR count). The van der Waals surface area contributed by atoms with Gasteiger partial charge in [-0.2, -0.15) is 0 Å². The first-order valence-corrected chi connectivity index (χ1v) is 5.02. The molecule has 0 aliphatic carbocycles. The van der Waals surface area contributed by atoms with Crippen molar-refractivity contribution in [2.24, 2.45) is 0 Å². The van der Waals surface area contributed by atoms with E-state index in [4.69, 9.17) is 4.74 Å². The molecule has 3 heteroatoms. The van der Waals surface area contributed by atoms with Crippen molar-refractivity contribution in [1.82, 2.24) is 0 Å². The summed E-state index contributed by atoms with van der Waals surface area (Å²) < 4.78 is 6.09. The average molecular weight is 257 g/mol. The summed E-state index contributed by atoms with van der Waals surface area (Å²) in [5, 5.41) is 9.81. The van der Waals surface area contributed by atoms with Crippen LogP contribution in [0.25, 0.3) is 0 Å². The Kier molecular flexibility index (Phi) is 3.72. The highest BCUT2D eigenvalue weighted by atomic mass is 79.9. The van der Waals surface area contributed by atoms with Crippen LogP contribution in [0.5, 0.6) is 5.75 Å². The Morgan fingerprint density at radius 1 is 1.57 bits per heavy atom. The van der Waals surface area contributed by atoms with Gasteiger partial charge in [0.1, 0.15) is 11.9 Å². The molecule has 0 fully saturated rings. The fourth-order valence-corrected chi connectivity index (χ4v) is 1.52. The molecule has 0 amide bonds. The van der Waals surface area contributed by atoms with E-state index in [-0.39, 0.29) is 0 Å². The molecule has 76 valence electrons. The van der Waals surface area contributed by atoms with E-state index in [2.05, 4.69) is 22.5 Å². The SMILES string of the molecule is C=C(C)C(O)c1ccc(Br)cc1OC. The largest absolute Gasteiger partial charge is 0.496 e. The lowest BCUT2D eigenvalue weighted by atomic mass is 10.0. The molecule has 1 unspecified atom stereocenters. The lowest BCUT2D eigenvalue weighted by Crippen LogP contribution is -2.01. The van der Waals surface area contributed by atoms with Gasteiger partial charge in [0.05, 0.1) is 7.11 Å². The van der Waals surface area contributed by atoms with E-state index >= 15 is 0 Å². The molecule has 14 heavy (non-hydrogen) atoms. The predicted molar refractivity (Wildman–Crippen MR) is 60.5 cm³/mol. The number of aliphatic hydroxyl groups is 1. The standard InChI is InChI=1S/C11H13BrO2/c1-7(2)11(13)9-5-4-8(12)6-10(9)14-3/h4-6,11,13H,1H2,2-3H3. The van der Waals surface area contributed by atoms with Gasteiger partial charge in [0, 0.05) is 10.0 Å². The third kappa shape index (κ3) is 2.36. The van der Waals surface area contributed by atoms with Gasteiger partial charge in [-0.05, 0) is 24.6 Å². The van der Waals surface area contributed by atoms with Gasteiger partial charge >= 0.3 is 0 Å². The summed E-state index contributed by atoms with van der Waals surface area (Å²) in [6.07, 6.45) is -0.668. The van der Waals surface area contributed by atoms with Crippen molar-refractivity contribution < 1.29 is 9.84 Å². The molecule has 0 radical (unpaired) electrons. The first-order valence-electron chi connectivity index (χ1n) is 4.23. The number of benzene rings is 1. The van der Waals surface area contributed by atoms with Crippen molar-refractivity contribution in [3.8, 4) is 5.75 Å². The number of halogens is 1. The minimum atomic E-state index is -0.668. The van der Waals surface area contributed by atoms with Gasteiger partial charge in [0.25, 0.3) is 0 Å². The second kappa shape index (κ2) is 4.62. The highest BCUT2D eigenvalue weighted by molar-refractivity contribution is 9.10. The highest BCUT2D eigenvalue weighted by Crippen LogP contribution is 2.31.